The molecule has 0 heterocycles. The van der Waals surface area contributed by atoms with Gasteiger partial charge in [-0.3, -0.25) is 18.6 Å². The molecule has 4 N–H and O–H groups in total. The number of rotatable bonds is 44. The van der Waals surface area contributed by atoms with Gasteiger partial charge in [0.25, 0.3) is 0 Å². The lowest BCUT2D eigenvalue weighted by Gasteiger charge is -2.24. The van der Waals surface area contributed by atoms with Crippen molar-refractivity contribution in [2.75, 3.05) is 47.5 Å². The summed E-state index contributed by atoms with van der Waals surface area (Å²) in [5, 5.41) is 30.6. The Morgan fingerprint density at radius 2 is 1.02 bits per heavy atom. The molecule has 0 fully saturated rings. The zero-order valence-corrected chi connectivity index (χ0v) is 41.3. The van der Waals surface area contributed by atoms with Crippen LogP contribution in [-0.4, -0.2) is 109 Å². The minimum atomic E-state index is -4.48. The summed E-state index contributed by atoms with van der Waals surface area (Å²) in [5.74, 6) is -1.12. The van der Waals surface area contributed by atoms with Crippen molar-refractivity contribution in [3.8, 4) is 0 Å². The Morgan fingerprint density at radius 3 is 1.54 bits per heavy atom. The maximum absolute atomic E-state index is 12.8. The first kappa shape index (κ1) is 60.9. The van der Waals surface area contributed by atoms with Crippen LogP contribution in [0.4, 0.5) is 0 Å². The first-order valence-electron chi connectivity index (χ1n) is 24.7. The van der Waals surface area contributed by atoms with E-state index in [1.165, 1.54) is 102 Å². The molecular formula is C50H93NO11P+. The van der Waals surface area contributed by atoms with Crippen molar-refractivity contribution >= 4 is 19.8 Å². The van der Waals surface area contributed by atoms with Crippen LogP contribution in [-0.2, 0) is 32.7 Å². The molecule has 0 aliphatic carbocycles. The first-order chi connectivity index (χ1) is 30.2. The highest BCUT2D eigenvalue weighted by Crippen LogP contribution is 2.43. The van der Waals surface area contributed by atoms with Gasteiger partial charge in [-0.05, 0) is 25.7 Å². The Kier molecular flexibility index (Phi) is 39.9. The third-order valence-electron chi connectivity index (χ3n) is 10.7. The number of hydrogen-bond acceptors (Lipinski definition) is 10. The lowest BCUT2D eigenvalue weighted by molar-refractivity contribution is -0.870. The monoisotopic (exact) mass is 915 g/mol. The van der Waals surface area contributed by atoms with Gasteiger partial charge in [0, 0.05) is 12.8 Å². The molecule has 0 aliphatic heterocycles. The van der Waals surface area contributed by atoms with Gasteiger partial charge in [-0.25, -0.2) is 4.57 Å². The molecule has 63 heavy (non-hydrogen) atoms. The van der Waals surface area contributed by atoms with Crippen molar-refractivity contribution < 1.29 is 57.4 Å². The van der Waals surface area contributed by atoms with E-state index in [2.05, 4.69) is 13.8 Å². The average Bonchev–Trinajstić information content (AvgIpc) is 3.23. The van der Waals surface area contributed by atoms with Gasteiger partial charge >= 0.3 is 19.8 Å². The number of ether oxygens (including phenoxy) is 2. The smallest absolute Gasteiger partial charge is 0.462 e. The summed E-state index contributed by atoms with van der Waals surface area (Å²) in [6.45, 7) is 3.93. The third kappa shape index (κ3) is 43.5. The molecule has 0 rings (SSSR count). The third-order valence-corrected chi connectivity index (χ3v) is 11.7. The number of unbranched alkanes of at least 4 members (excludes halogenated alkanes) is 20. The predicted molar refractivity (Wildman–Crippen MR) is 256 cm³/mol. The fourth-order valence-electron chi connectivity index (χ4n) is 6.69. The van der Waals surface area contributed by atoms with Crippen molar-refractivity contribution in [1.29, 1.82) is 0 Å². The summed E-state index contributed by atoms with van der Waals surface area (Å²) in [5.41, 5.74) is 0. The Balaban J connectivity index is 4.57. The molecule has 12 nitrogen and oxygen atoms in total. The van der Waals surface area contributed by atoms with E-state index in [1.54, 1.807) is 42.5 Å². The molecule has 13 heteroatoms. The van der Waals surface area contributed by atoms with E-state index in [9.17, 15) is 34.4 Å². The Labute approximate surface area is 383 Å². The molecule has 0 saturated carbocycles. The fraction of sp³-hybridized carbons (Fsp3) is 0.800. The van der Waals surface area contributed by atoms with Gasteiger partial charge in [0.1, 0.15) is 19.8 Å². The normalized spacial score (nSPS) is 15.4. The summed E-state index contributed by atoms with van der Waals surface area (Å²) in [6.07, 6.45) is 38.1. The number of carbonyl (C=O) groups excluding carboxylic acids is 2. The van der Waals surface area contributed by atoms with Gasteiger partial charge in [0.2, 0.25) is 0 Å². The van der Waals surface area contributed by atoms with Crippen molar-refractivity contribution in [2.45, 2.75) is 212 Å². The van der Waals surface area contributed by atoms with Crippen LogP contribution < -0.4 is 0 Å². The topological polar surface area (TPSA) is 169 Å². The Bertz CT molecular complexity index is 1270. The van der Waals surface area contributed by atoms with E-state index < -0.39 is 50.8 Å². The minimum Gasteiger partial charge on any atom is -0.462 e. The SMILES string of the molecule is CCCCCCCCCCCCCCCCCCCCCC(=O)OC[C@H](COP(=O)(O)OCC[N+](C)(C)C)OC(=O)CCC[C@H](O)[C@@H](O)/C=C/C=C/C=C\C=C\[C@@H](O)CCCCC. The van der Waals surface area contributed by atoms with E-state index in [-0.39, 0.29) is 38.9 Å². The van der Waals surface area contributed by atoms with Gasteiger partial charge in [-0.1, -0.05) is 197 Å². The van der Waals surface area contributed by atoms with Crippen molar-refractivity contribution in [2.24, 2.45) is 0 Å². The highest BCUT2D eigenvalue weighted by Gasteiger charge is 2.27. The van der Waals surface area contributed by atoms with Crippen LogP contribution in [0.2, 0.25) is 0 Å². The molecule has 0 spiro atoms. The zero-order valence-electron chi connectivity index (χ0n) is 40.4. The number of hydrogen-bond donors (Lipinski definition) is 4. The number of phosphoric ester groups is 1. The number of allylic oxidation sites excluding steroid dienone is 6. The molecule has 0 aromatic heterocycles. The van der Waals surface area contributed by atoms with Crippen LogP contribution >= 0.6 is 7.82 Å². The molecule has 1 unspecified atom stereocenters. The predicted octanol–water partition coefficient (Wildman–Crippen LogP) is 11.2. The maximum Gasteiger partial charge on any atom is 0.472 e. The molecule has 0 aliphatic rings. The molecular weight excluding hydrogens is 822 g/mol. The van der Waals surface area contributed by atoms with Crippen molar-refractivity contribution in [3.63, 3.8) is 0 Å². The van der Waals surface area contributed by atoms with Gasteiger partial charge in [0.05, 0.1) is 46.1 Å². The number of esters is 2. The second-order valence-electron chi connectivity index (χ2n) is 18.1. The largest absolute Gasteiger partial charge is 0.472 e. The standard InChI is InChI=1S/C50H92NO11P/c1-6-8-10-11-12-13-14-15-16-17-18-19-20-21-22-23-24-29-33-39-49(55)59-43-46(44-61-63(57,58)60-42-41-51(3,4)5)62-50(56)40-34-38-48(54)47(53)37-32-28-26-25-27-31-36-45(52)35-30-9-7-2/h25-28,31-32,36-37,45-48,52-54H,6-24,29-30,33-35,38-44H2,1-5H3/p+1/b27-25-,28-26+,36-31+,37-32+/t45-,46+,47-,48-/m0/s1. The summed E-state index contributed by atoms with van der Waals surface area (Å²) in [4.78, 5) is 35.5. The number of likely N-dealkylation sites (N-methyl/N-ethyl adjacent to an activating group) is 1. The molecule has 5 atom stereocenters. The molecule has 0 aromatic rings. The van der Waals surface area contributed by atoms with Crippen molar-refractivity contribution in [3.05, 3.63) is 48.6 Å². The molecule has 0 saturated heterocycles. The Hall–Kier alpha value is -2.15. The summed E-state index contributed by atoms with van der Waals surface area (Å²) < 4.78 is 34.1. The van der Waals surface area contributed by atoms with E-state index in [0.29, 0.717) is 17.4 Å². The quantitative estimate of drug-likeness (QED) is 0.0151. The lowest BCUT2D eigenvalue weighted by atomic mass is 10.0. The van der Waals surface area contributed by atoms with E-state index in [1.807, 2.05) is 21.1 Å². The van der Waals surface area contributed by atoms with E-state index >= 15 is 0 Å². The molecule has 0 aromatic carbocycles. The molecule has 0 bridgehead atoms. The highest BCUT2D eigenvalue weighted by atomic mass is 31.2. The summed E-state index contributed by atoms with van der Waals surface area (Å²) in [7, 11) is 1.26. The number of phosphoric acid groups is 1. The molecule has 368 valence electrons. The van der Waals surface area contributed by atoms with Crippen LogP contribution in [0.25, 0.3) is 0 Å². The number of quaternary nitrogens is 1. The van der Waals surface area contributed by atoms with Crippen LogP contribution in [0.1, 0.15) is 187 Å². The second-order valence-corrected chi connectivity index (χ2v) is 19.5. The number of aliphatic hydroxyl groups excluding tert-OH is 3. The number of nitrogens with zero attached hydrogens (tertiary/aromatic N) is 1. The van der Waals surface area contributed by atoms with E-state index in [4.69, 9.17) is 18.5 Å². The maximum atomic E-state index is 12.8. The molecule has 0 amide bonds. The highest BCUT2D eigenvalue weighted by molar-refractivity contribution is 7.47. The molecule has 0 radical (unpaired) electrons. The van der Waals surface area contributed by atoms with Crippen LogP contribution in [0.15, 0.2) is 48.6 Å². The second kappa shape index (κ2) is 41.3. The fourth-order valence-corrected chi connectivity index (χ4v) is 7.43. The minimum absolute atomic E-state index is 0.0322. The zero-order chi connectivity index (χ0) is 46.9. The lowest BCUT2D eigenvalue weighted by Crippen LogP contribution is -2.37. The summed E-state index contributed by atoms with van der Waals surface area (Å²) in [6, 6.07) is 0. The van der Waals surface area contributed by atoms with E-state index in [0.717, 1.165) is 44.9 Å². The summed E-state index contributed by atoms with van der Waals surface area (Å²) >= 11 is 0. The van der Waals surface area contributed by atoms with Crippen molar-refractivity contribution in [1.82, 2.24) is 0 Å². The van der Waals surface area contributed by atoms with Gasteiger partial charge in [-0.2, -0.15) is 0 Å². The van der Waals surface area contributed by atoms with Crippen LogP contribution in [0.5, 0.6) is 0 Å². The van der Waals surface area contributed by atoms with Gasteiger partial charge in [-0.15, -0.1) is 0 Å². The number of carbonyl (C=O) groups is 2. The Morgan fingerprint density at radius 1 is 0.556 bits per heavy atom. The van der Waals surface area contributed by atoms with Gasteiger partial charge in [0.15, 0.2) is 6.10 Å². The van der Waals surface area contributed by atoms with Crippen LogP contribution in [0, 0.1) is 0 Å². The first-order valence-corrected chi connectivity index (χ1v) is 26.2. The average molecular weight is 915 g/mol. The van der Waals surface area contributed by atoms with Crippen LogP contribution in [0.3, 0.4) is 0 Å². The van der Waals surface area contributed by atoms with Gasteiger partial charge < -0.3 is 34.2 Å². The number of aliphatic hydroxyl groups is 3.